The van der Waals surface area contributed by atoms with E-state index in [-0.39, 0.29) is 5.56 Å². The van der Waals surface area contributed by atoms with E-state index in [1.54, 1.807) is 16.5 Å². The number of imidazole rings is 1. The lowest BCUT2D eigenvalue weighted by Crippen LogP contribution is -1.99. The summed E-state index contributed by atoms with van der Waals surface area (Å²) in [6.07, 6.45) is 2.63. The zero-order valence-electron chi connectivity index (χ0n) is 10.5. The molecule has 0 fully saturated rings. The molecule has 3 aromatic rings. The molecule has 0 saturated heterocycles. The van der Waals surface area contributed by atoms with Crippen molar-refractivity contribution in [3.05, 3.63) is 53.7 Å². The first-order chi connectivity index (χ1) is 9.56. The molecule has 5 nitrogen and oxygen atoms in total. The van der Waals surface area contributed by atoms with Gasteiger partial charge < -0.3 is 9.51 Å². The minimum Gasteiger partial charge on any atom is -0.478 e. The molecule has 0 aliphatic rings. The van der Waals surface area contributed by atoms with Gasteiger partial charge in [-0.2, -0.15) is 0 Å². The largest absolute Gasteiger partial charge is 0.478 e. The molecule has 20 heavy (non-hydrogen) atoms. The van der Waals surface area contributed by atoms with Crippen LogP contribution in [0, 0.1) is 12.7 Å². The second-order valence-corrected chi connectivity index (χ2v) is 4.36. The van der Waals surface area contributed by atoms with E-state index in [1.807, 2.05) is 6.92 Å². The van der Waals surface area contributed by atoms with E-state index >= 15 is 0 Å². The summed E-state index contributed by atoms with van der Waals surface area (Å²) >= 11 is 0. The summed E-state index contributed by atoms with van der Waals surface area (Å²) in [6, 6.07) is 5.98. The van der Waals surface area contributed by atoms with Crippen LogP contribution in [0.3, 0.4) is 0 Å². The lowest BCUT2D eigenvalue weighted by molar-refractivity contribution is 0.0696. The fourth-order valence-electron chi connectivity index (χ4n) is 2.05. The summed E-state index contributed by atoms with van der Waals surface area (Å²) in [5.41, 5.74) is 2.70. The zero-order chi connectivity index (χ0) is 14.3. The monoisotopic (exact) mass is 271 g/mol. The van der Waals surface area contributed by atoms with Gasteiger partial charge in [-0.05, 0) is 31.2 Å². The van der Waals surface area contributed by atoms with Crippen molar-refractivity contribution in [2.24, 2.45) is 0 Å². The van der Waals surface area contributed by atoms with Crippen LogP contribution in [0.1, 0.15) is 16.1 Å². The number of carboxylic acid groups (broad SMARTS) is 1. The van der Waals surface area contributed by atoms with E-state index < -0.39 is 11.8 Å². The maximum Gasteiger partial charge on any atom is 0.337 e. The first-order valence-corrected chi connectivity index (χ1v) is 5.90. The van der Waals surface area contributed by atoms with Crippen molar-refractivity contribution in [2.75, 3.05) is 0 Å². The van der Waals surface area contributed by atoms with Crippen LogP contribution >= 0.6 is 0 Å². The van der Waals surface area contributed by atoms with Crippen molar-refractivity contribution in [3.8, 4) is 11.4 Å². The Labute approximate surface area is 113 Å². The smallest absolute Gasteiger partial charge is 0.337 e. The molecule has 0 unspecified atom stereocenters. The standard InChI is InChI=1S/C14H10FN3O2/c1-8-13(11-4-3-10(15)6-16-11)17-12-5-2-9(14(19)20)7-18(8)12/h2-7H,1H3,(H,19,20). The average Bonchev–Trinajstić information content (AvgIpc) is 2.76. The van der Waals surface area contributed by atoms with Gasteiger partial charge in [0.1, 0.15) is 17.2 Å². The summed E-state index contributed by atoms with van der Waals surface area (Å²) in [4.78, 5) is 19.4. The minimum atomic E-state index is -0.999. The SMILES string of the molecule is Cc1c(-c2ccc(F)cn2)nc2ccc(C(=O)O)cn12. The van der Waals surface area contributed by atoms with Crippen LogP contribution in [-0.4, -0.2) is 25.4 Å². The molecule has 0 atom stereocenters. The number of pyridine rings is 2. The number of hydrogen-bond acceptors (Lipinski definition) is 3. The molecule has 1 N–H and O–H groups in total. The first-order valence-electron chi connectivity index (χ1n) is 5.90. The van der Waals surface area contributed by atoms with Crippen molar-refractivity contribution < 1.29 is 14.3 Å². The molecule has 0 aliphatic carbocycles. The Morgan fingerprint density at radius 3 is 2.75 bits per heavy atom. The molecular weight excluding hydrogens is 261 g/mol. The van der Waals surface area contributed by atoms with Crippen LogP contribution in [0.5, 0.6) is 0 Å². The number of aromatic carboxylic acids is 1. The van der Waals surface area contributed by atoms with E-state index in [9.17, 15) is 9.18 Å². The summed E-state index contributed by atoms with van der Waals surface area (Å²) in [7, 11) is 0. The Morgan fingerprint density at radius 2 is 2.10 bits per heavy atom. The highest BCUT2D eigenvalue weighted by Crippen LogP contribution is 2.22. The third kappa shape index (κ3) is 1.91. The number of fused-ring (bicyclic) bond motifs is 1. The summed E-state index contributed by atoms with van der Waals surface area (Å²) in [5, 5.41) is 9.00. The number of aryl methyl sites for hydroxylation is 1. The van der Waals surface area contributed by atoms with Gasteiger partial charge in [-0.15, -0.1) is 0 Å². The summed E-state index contributed by atoms with van der Waals surface area (Å²) in [6.45, 7) is 1.81. The second-order valence-electron chi connectivity index (χ2n) is 4.36. The maximum atomic E-state index is 12.9. The van der Waals surface area contributed by atoms with Crippen LogP contribution in [0.2, 0.25) is 0 Å². The number of halogens is 1. The lowest BCUT2D eigenvalue weighted by Gasteiger charge is -2.00. The van der Waals surface area contributed by atoms with Crippen molar-refractivity contribution in [1.82, 2.24) is 14.4 Å². The summed E-state index contributed by atoms with van der Waals surface area (Å²) < 4.78 is 14.6. The van der Waals surface area contributed by atoms with E-state index in [0.29, 0.717) is 17.0 Å². The Bertz CT molecular complexity index is 809. The molecule has 3 aromatic heterocycles. The van der Waals surface area contributed by atoms with Crippen LogP contribution in [0.15, 0.2) is 36.7 Å². The number of nitrogens with zero attached hydrogens (tertiary/aromatic N) is 3. The predicted molar refractivity (Wildman–Crippen MR) is 70.1 cm³/mol. The molecule has 6 heteroatoms. The third-order valence-corrected chi connectivity index (χ3v) is 3.07. The van der Waals surface area contributed by atoms with Crippen molar-refractivity contribution >= 4 is 11.6 Å². The highest BCUT2D eigenvalue weighted by Gasteiger charge is 2.13. The van der Waals surface area contributed by atoms with E-state index in [4.69, 9.17) is 5.11 Å². The van der Waals surface area contributed by atoms with Crippen molar-refractivity contribution in [1.29, 1.82) is 0 Å². The van der Waals surface area contributed by atoms with Gasteiger partial charge in [0, 0.05) is 11.9 Å². The second kappa shape index (κ2) is 4.41. The Hall–Kier alpha value is -2.76. The van der Waals surface area contributed by atoms with Gasteiger partial charge in [0.15, 0.2) is 0 Å². The Balaban J connectivity index is 2.20. The molecule has 0 spiro atoms. The zero-order valence-corrected chi connectivity index (χ0v) is 10.5. The molecule has 0 bridgehead atoms. The number of carbonyl (C=O) groups is 1. The highest BCUT2D eigenvalue weighted by atomic mass is 19.1. The highest BCUT2D eigenvalue weighted by molar-refractivity contribution is 5.87. The fourth-order valence-corrected chi connectivity index (χ4v) is 2.05. The fraction of sp³-hybridized carbons (Fsp3) is 0.0714. The molecule has 0 aromatic carbocycles. The van der Waals surface area contributed by atoms with Crippen LogP contribution in [0.25, 0.3) is 17.0 Å². The predicted octanol–water partition coefficient (Wildman–Crippen LogP) is 2.54. The van der Waals surface area contributed by atoms with Crippen molar-refractivity contribution in [3.63, 3.8) is 0 Å². The van der Waals surface area contributed by atoms with Gasteiger partial charge in [0.25, 0.3) is 0 Å². The molecule has 0 amide bonds. The Morgan fingerprint density at radius 1 is 1.30 bits per heavy atom. The summed E-state index contributed by atoms with van der Waals surface area (Å²) in [5.74, 6) is -1.41. The van der Waals surface area contributed by atoms with Gasteiger partial charge in [-0.1, -0.05) is 0 Å². The molecule has 100 valence electrons. The Kier molecular flexibility index (Phi) is 2.71. The van der Waals surface area contributed by atoms with Gasteiger partial charge in [-0.3, -0.25) is 4.98 Å². The molecular formula is C14H10FN3O2. The van der Waals surface area contributed by atoms with Crippen LogP contribution in [-0.2, 0) is 0 Å². The lowest BCUT2D eigenvalue weighted by atomic mass is 10.2. The molecule has 0 radical (unpaired) electrons. The normalized spacial score (nSPS) is 10.9. The van der Waals surface area contributed by atoms with E-state index in [2.05, 4.69) is 9.97 Å². The third-order valence-electron chi connectivity index (χ3n) is 3.07. The molecule has 3 heterocycles. The van der Waals surface area contributed by atoms with Gasteiger partial charge in [-0.25, -0.2) is 14.2 Å². The first kappa shape index (κ1) is 12.3. The number of rotatable bonds is 2. The molecule has 3 rings (SSSR count). The quantitative estimate of drug-likeness (QED) is 0.777. The van der Waals surface area contributed by atoms with Crippen LogP contribution < -0.4 is 0 Å². The van der Waals surface area contributed by atoms with Gasteiger partial charge >= 0.3 is 5.97 Å². The van der Waals surface area contributed by atoms with Crippen LogP contribution in [0.4, 0.5) is 4.39 Å². The molecule has 0 saturated carbocycles. The average molecular weight is 271 g/mol. The van der Waals surface area contributed by atoms with Crippen molar-refractivity contribution in [2.45, 2.75) is 6.92 Å². The topological polar surface area (TPSA) is 67.5 Å². The van der Waals surface area contributed by atoms with E-state index in [1.165, 1.54) is 18.3 Å². The van der Waals surface area contributed by atoms with Gasteiger partial charge in [0.2, 0.25) is 0 Å². The van der Waals surface area contributed by atoms with E-state index in [0.717, 1.165) is 11.9 Å². The van der Waals surface area contributed by atoms with Gasteiger partial charge in [0.05, 0.1) is 17.5 Å². The number of carboxylic acids is 1. The maximum absolute atomic E-state index is 12.9. The number of hydrogen-bond donors (Lipinski definition) is 1. The number of aromatic nitrogens is 3. The molecule has 0 aliphatic heterocycles. The minimum absolute atomic E-state index is 0.177.